The minimum absolute atomic E-state index is 0.104. The van der Waals surface area contributed by atoms with Gasteiger partial charge in [0.25, 0.3) is 17.5 Å². The lowest BCUT2D eigenvalue weighted by Crippen LogP contribution is -2.30. The topological polar surface area (TPSA) is 101 Å². The van der Waals surface area contributed by atoms with Gasteiger partial charge in [-0.25, -0.2) is 4.39 Å². The van der Waals surface area contributed by atoms with Crippen LogP contribution in [0.1, 0.15) is 15.9 Å². The Morgan fingerprint density at radius 2 is 1.61 bits per heavy atom. The van der Waals surface area contributed by atoms with Crippen molar-refractivity contribution in [2.75, 3.05) is 5.32 Å². The molecule has 9 heteroatoms. The van der Waals surface area contributed by atoms with Crippen LogP contribution in [0.3, 0.4) is 0 Å². The zero-order valence-corrected chi connectivity index (χ0v) is 17.4. The molecule has 3 aromatic rings. The van der Waals surface area contributed by atoms with Crippen LogP contribution in [0.2, 0.25) is 0 Å². The highest BCUT2D eigenvalue weighted by molar-refractivity contribution is 9.10. The summed E-state index contributed by atoms with van der Waals surface area (Å²) >= 11 is 3.28. The van der Waals surface area contributed by atoms with Crippen molar-refractivity contribution in [2.24, 2.45) is 0 Å². The van der Waals surface area contributed by atoms with Gasteiger partial charge in [0.1, 0.15) is 11.5 Å². The lowest BCUT2D eigenvalue weighted by Gasteiger charge is -2.12. The van der Waals surface area contributed by atoms with Crippen LogP contribution in [0.4, 0.5) is 15.8 Å². The molecule has 0 atom stereocenters. The number of nitro groups is 1. The maximum atomic E-state index is 14.1. The number of hydrogen-bond donors (Lipinski definition) is 2. The Balaban J connectivity index is 1.88. The number of halogens is 2. The van der Waals surface area contributed by atoms with Gasteiger partial charge in [-0.2, -0.15) is 0 Å². The van der Waals surface area contributed by atoms with E-state index in [0.29, 0.717) is 5.56 Å². The Morgan fingerprint density at radius 3 is 2.23 bits per heavy atom. The molecule has 0 saturated heterocycles. The van der Waals surface area contributed by atoms with Crippen molar-refractivity contribution in [1.29, 1.82) is 0 Å². The predicted octanol–water partition coefficient (Wildman–Crippen LogP) is 4.91. The predicted molar refractivity (Wildman–Crippen MR) is 118 cm³/mol. The highest BCUT2D eigenvalue weighted by atomic mass is 79.9. The van der Waals surface area contributed by atoms with Gasteiger partial charge in [-0.15, -0.1) is 0 Å². The number of rotatable bonds is 6. The van der Waals surface area contributed by atoms with E-state index in [1.165, 1.54) is 48.5 Å². The average molecular weight is 484 g/mol. The minimum atomic E-state index is -0.720. The molecule has 2 amide bonds. The fourth-order valence-electron chi connectivity index (χ4n) is 2.57. The Hall–Kier alpha value is -3.85. The standard InChI is InChI=1S/C22H15BrFN3O4/c23-16-7-5-14(6-8-16)21(28)26-20(13-15-3-1-2-4-19(15)24)22(29)25-17-9-11-18(12-10-17)27(30)31/h1-13H,(H,25,29)(H,26,28)/b20-13-. The van der Waals surface area contributed by atoms with E-state index < -0.39 is 22.6 Å². The largest absolute Gasteiger partial charge is 0.321 e. The third kappa shape index (κ3) is 5.83. The van der Waals surface area contributed by atoms with E-state index in [0.717, 1.165) is 4.47 Å². The van der Waals surface area contributed by atoms with E-state index in [2.05, 4.69) is 26.6 Å². The van der Waals surface area contributed by atoms with E-state index >= 15 is 0 Å². The number of carbonyl (C=O) groups is 2. The van der Waals surface area contributed by atoms with Gasteiger partial charge in [-0.3, -0.25) is 19.7 Å². The quantitative estimate of drug-likeness (QED) is 0.295. The molecule has 0 aliphatic carbocycles. The van der Waals surface area contributed by atoms with Crippen LogP contribution in [0, 0.1) is 15.9 Å². The molecular formula is C22H15BrFN3O4. The lowest BCUT2D eigenvalue weighted by molar-refractivity contribution is -0.384. The molecule has 0 bridgehead atoms. The average Bonchev–Trinajstić information content (AvgIpc) is 2.75. The van der Waals surface area contributed by atoms with E-state index in [9.17, 15) is 24.1 Å². The Bertz CT molecular complexity index is 1160. The second kappa shape index (κ2) is 9.77. The number of benzene rings is 3. The number of carbonyl (C=O) groups excluding carboxylic acids is 2. The Kier molecular flexibility index (Phi) is 6.88. The van der Waals surface area contributed by atoms with Gasteiger partial charge in [-0.05, 0) is 48.5 Å². The highest BCUT2D eigenvalue weighted by Crippen LogP contribution is 2.17. The molecular weight excluding hydrogens is 469 g/mol. The van der Waals surface area contributed by atoms with Gasteiger partial charge in [0.15, 0.2) is 0 Å². The summed E-state index contributed by atoms with van der Waals surface area (Å²) in [4.78, 5) is 35.6. The van der Waals surface area contributed by atoms with Crippen LogP contribution in [-0.4, -0.2) is 16.7 Å². The highest BCUT2D eigenvalue weighted by Gasteiger charge is 2.16. The number of nitrogens with zero attached hydrogens (tertiary/aromatic N) is 1. The van der Waals surface area contributed by atoms with Crippen LogP contribution < -0.4 is 10.6 Å². The summed E-state index contributed by atoms with van der Waals surface area (Å²) in [6.07, 6.45) is 1.22. The van der Waals surface area contributed by atoms with Crippen molar-refractivity contribution in [1.82, 2.24) is 5.32 Å². The number of hydrogen-bond acceptors (Lipinski definition) is 4. The molecule has 0 radical (unpaired) electrons. The molecule has 0 aliphatic heterocycles. The first kappa shape index (κ1) is 21.8. The molecule has 0 saturated carbocycles. The molecule has 0 heterocycles. The van der Waals surface area contributed by atoms with Crippen molar-refractivity contribution >= 4 is 45.2 Å². The normalized spacial score (nSPS) is 11.0. The van der Waals surface area contributed by atoms with E-state index in [-0.39, 0.29) is 22.6 Å². The van der Waals surface area contributed by atoms with Gasteiger partial charge >= 0.3 is 0 Å². The summed E-state index contributed by atoms with van der Waals surface area (Å²) in [6, 6.07) is 17.4. The zero-order chi connectivity index (χ0) is 22.4. The second-order valence-electron chi connectivity index (χ2n) is 6.30. The second-order valence-corrected chi connectivity index (χ2v) is 7.21. The van der Waals surface area contributed by atoms with Crippen molar-refractivity contribution < 1.29 is 18.9 Å². The number of amides is 2. The molecule has 0 fully saturated rings. The van der Waals surface area contributed by atoms with Gasteiger partial charge in [-0.1, -0.05) is 34.1 Å². The zero-order valence-electron chi connectivity index (χ0n) is 15.8. The third-order valence-electron chi connectivity index (χ3n) is 4.14. The van der Waals surface area contributed by atoms with Gasteiger partial charge < -0.3 is 10.6 Å². The first-order chi connectivity index (χ1) is 14.8. The minimum Gasteiger partial charge on any atom is -0.321 e. The van der Waals surface area contributed by atoms with Gasteiger partial charge in [0.2, 0.25) is 0 Å². The maximum absolute atomic E-state index is 14.1. The van der Waals surface area contributed by atoms with E-state index in [1.807, 2.05) is 0 Å². The van der Waals surface area contributed by atoms with Crippen LogP contribution in [0.5, 0.6) is 0 Å². The Labute approximate surface area is 184 Å². The summed E-state index contributed by atoms with van der Waals surface area (Å²) in [7, 11) is 0. The van der Waals surface area contributed by atoms with Crippen molar-refractivity contribution in [2.45, 2.75) is 0 Å². The first-order valence-corrected chi connectivity index (χ1v) is 9.72. The van der Waals surface area contributed by atoms with Gasteiger partial charge in [0, 0.05) is 33.4 Å². The molecule has 0 aromatic heterocycles. The summed E-state index contributed by atoms with van der Waals surface area (Å²) in [5.41, 5.74) is 0.339. The molecule has 2 N–H and O–H groups in total. The van der Waals surface area contributed by atoms with Crippen molar-refractivity contribution in [3.05, 3.63) is 110 Å². The fourth-order valence-corrected chi connectivity index (χ4v) is 2.83. The fraction of sp³-hybridized carbons (Fsp3) is 0. The molecule has 0 spiro atoms. The molecule has 31 heavy (non-hydrogen) atoms. The van der Waals surface area contributed by atoms with Crippen molar-refractivity contribution in [3.8, 4) is 0 Å². The number of anilines is 1. The Morgan fingerprint density at radius 1 is 0.968 bits per heavy atom. The summed E-state index contributed by atoms with van der Waals surface area (Å²) in [6.45, 7) is 0. The van der Waals surface area contributed by atoms with E-state index in [4.69, 9.17) is 0 Å². The van der Waals surface area contributed by atoms with Gasteiger partial charge in [0.05, 0.1) is 4.92 Å². The van der Waals surface area contributed by atoms with Crippen LogP contribution in [0.25, 0.3) is 6.08 Å². The summed E-state index contributed by atoms with van der Waals surface area (Å²) in [5.74, 6) is -1.85. The number of nitro benzene ring substituents is 1. The van der Waals surface area contributed by atoms with Crippen LogP contribution >= 0.6 is 15.9 Å². The lowest BCUT2D eigenvalue weighted by atomic mass is 10.1. The maximum Gasteiger partial charge on any atom is 0.272 e. The van der Waals surface area contributed by atoms with Crippen LogP contribution in [0.15, 0.2) is 83.0 Å². The third-order valence-corrected chi connectivity index (χ3v) is 4.67. The molecule has 3 aromatic carbocycles. The first-order valence-electron chi connectivity index (χ1n) is 8.92. The smallest absolute Gasteiger partial charge is 0.272 e. The molecule has 3 rings (SSSR count). The van der Waals surface area contributed by atoms with Crippen molar-refractivity contribution in [3.63, 3.8) is 0 Å². The molecule has 156 valence electrons. The van der Waals surface area contributed by atoms with Crippen LogP contribution in [-0.2, 0) is 4.79 Å². The molecule has 0 aliphatic rings. The molecule has 0 unspecified atom stereocenters. The summed E-state index contributed by atoms with van der Waals surface area (Å²) < 4.78 is 14.9. The molecule has 7 nitrogen and oxygen atoms in total. The number of non-ortho nitro benzene ring substituents is 1. The monoisotopic (exact) mass is 483 g/mol. The number of nitrogens with one attached hydrogen (secondary N) is 2. The van der Waals surface area contributed by atoms with E-state index in [1.54, 1.807) is 30.3 Å². The summed E-state index contributed by atoms with van der Waals surface area (Å²) in [5, 5.41) is 15.8. The SMILES string of the molecule is O=C(Nc1ccc([N+](=O)[O-])cc1)/C(=C/c1ccccc1F)NC(=O)c1ccc(Br)cc1.